The summed E-state index contributed by atoms with van der Waals surface area (Å²) in [4.78, 5) is 0. The van der Waals surface area contributed by atoms with Gasteiger partial charge < -0.3 is 0 Å². The van der Waals surface area contributed by atoms with E-state index in [2.05, 4.69) is 15.0 Å². The number of halogens is 2. The van der Waals surface area contributed by atoms with Crippen molar-refractivity contribution in [1.82, 2.24) is 9.10 Å². The van der Waals surface area contributed by atoms with Gasteiger partial charge in [-0.25, -0.2) is 17.2 Å². The third kappa shape index (κ3) is 2.77. The highest BCUT2D eigenvalue weighted by Gasteiger charge is 2.58. The molecule has 1 spiro atoms. The van der Waals surface area contributed by atoms with Gasteiger partial charge in [0.15, 0.2) is 4.21 Å². The zero-order chi connectivity index (χ0) is 16.1. The van der Waals surface area contributed by atoms with Gasteiger partial charge in [-0.2, -0.15) is 9.10 Å². The van der Waals surface area contributed by atoms with E-state index in [1.54, 1.807) is 0 Å². The molecule has 120 valence electrons. The van der Waals surface area contributed by atoms with Crippen molar-refractivity contribution in [2.75, 3.05) is 0 Å². The number of nitrogens with one attached hydrogen (secondary N) is 1. The molecule has 0 saturated heterocycles. The van der Waals surface area contributed by atoms with Gasteiger partial charge in [0.1, 0.15) is 0 Å². The predicted molar refractivity (Wildman–Crippen MR) is 79.1 cm³/mol. The minimum Gasteiger partial charge on any atom is -0.207 e. The van der Waals surface area contributed by atoms with E-state index in [1.807, 2.05) is 0 Å². The highest BCUT2D eigenvalue weighted by Crippen LogP contribution is 2.59. The Morgan fingerprint density at radius 1 is 1.27 bits per heavy atom. The van der Waals surface area contributed by atoms with Gasteiger partial charge in [0.25, 0.3) is 10.0 Å². The second-order valence-corrected chi connectivity index (χ2v) is 9.12. The molecule has 0 radical (unpaired) electrons. The monoisotopic (exact) mass is 346 g/mol. The lowest BCUT2D eigenvalue weighted by molar-refractivity contribution is -0.101. The first kappa shape index (κ1) is 15.8. The number of hydrogen-bond acceptors (Lipinski definition) is 4. The molecule has 0 bridgehead atoms. The summed E-state index contributed by atoms with van der Waals surface area (Å²) in [5.41, 5.74) is -1.21. The number of rotatable bonds is 3. The van der Waals surface area contributed by atoms with Gasteiger partial charge in [-0.1, -0.05) is 5.92 Å². The molecular weight excluding hydrogens is 330 g/mol. The number of aromatic nitrogens is 1. The number of alkyl halides is 2. The van der Waals surface area contributed by atoms with Crippen LogP contribution in [-0.2, 0) is 10.0 Å². The van der Waals surface area contributed by atoms with Crippen molar-refractivity contribution in [2.24, 2.45) is 5.41 Å². The maximum atomic E-state index is 13.3. The Balaban J connectivity index is 1.71. The lowest BCUT2D eigenvalue weighted by Crippen LogP contribution is -2.62. The first-order valence-electron chi connectivity index (χ1n) is 7.00. The molecule has 1 aromatic heterocycles. The topological polar surface area (TPSA) is 59.1 Å². The average molecular weight is 346 g/mol. The molecule has 22 heavy (non-hydrogen) atoms. The van der Waals surface area contributed by atoms with Crippen LogP contribution in [0.15, 0.2) is 16.5 Å². The maximum Gasteiger partial charge on any atom is 0.252 e. The average Bonchev–Trinajstić information content (AvgIpc) is 2.94. The van der Waals surface area contributed by atoms with Crippen molar-refractivity contribution in [3.05, 3.63) is 12.3 Å². The summed E-state index contributed by atoms with van der Waals surface area (Å²) >= 11 is 0.874. The van der Waals surface area contributed by atoms with Crippen LogP contribution in [0.4, 0.5) is 8.78 Å². The standard InChI is InChI=1S/C14H16F2N2O2S2/c1-2-13(18-22(19,20)11-3-8-17-21-11)9-12(10-13)4-6-14(15,16)7-5-12/h1,3,8,18H,4-7,9-10H2. The first-order valence-corrected chi connectivity index (χ1v) is 9.26. The van der Waals surface area contributed by atoms with Crippen molar-refractivity contribution in [3.8, 4) is 12.3 Å². The van der Waals surface area contributed by atoms with Crippen LogP contribution in [0.5, 0.6) is 0 Å². The van der Waals surface area contributed by atoms with E-state index in [0.717, 1.165) is 11.5 Å². The van der Waals surface area contributed by atoms with Crippen LogP contribution < -0.4 is 4.72 Å². The van der Waals surface area contributed by atoms with Crippen molar-refractivity contribution < 1.29 is 17.2 Å². The van der Waals surface area contributed by atoms with E-state index in [9.17, 15) is 17.2 Å². The van der Waals surface area contributed by atoms with Crippen LogP contribution in [0.2, 0.25) is 0 Å². The molecule has 0 amide bonds. The largest absolute Gasteiger partial charge is 0.252 e. The Hall–Kier alpha value is -1.04. The Labute approximate surface area is 132 Å². The molecule has 2 fully saturated rings. The molecule has 1 heterocycles. The number of hydrogen-bond donors (Lipinski definition) is 1. The van der Waals surface area contributed by atoms with Gasteiger partial charge in [0.2, 0.25) is 5.92 Å². The Kier molecular flexibility index (Phi) is 3.59. The smallest absolute Gasteiger partial charge is 0.207 e. The fraction of sp³-hybridized carbons (Fsp3) is 0.643. The summed E-state index contributed by atoms with van der Waals surface area (Å²) in [5, 5.41) is 0. The SMILES string of the molecule is C#CC1(NS(=O)(=O)c2ccns2)CC2(CCC(F)(F)CC2)C1. The zero-order valence-corrected chi connectivity index (χ0v) is 13.4. The van der Waals surface area contributed by atoms with Crippen LogP contribution in [0, 0.1) is 17.8 Å². The molecular formula is C14H16F2N2O2S2. The van der Waals surface area contributed by atoms with Gasteiger partial charge in [-0.3, -0.25) is 0 Å². The van der Waals surface area contributed by atoms with Gasteiger partial charge in [0.05, 0.1) is 5.54 Å². The molecule has 0 aliphatic heterocycles. The van der Waals surface area contributed by atoms with E-state index in [1.165, 1.54) is 12.3 Å². The summed E-state index contributed by atoms with van der Waals surface area (Å²) in [7, 11) is -3.71. The third-order valence-corrected chi connectivity index (χ3v) is 7.43. The lowest BCUT2D eigenvalue weighted by Gasteiger charge is -2.56. The Morgan fingerprint density at radius 2 is 1.91 bits per heavy atom. The summed E-state index contributed by atoms with van der Waals surface area (Å²) in [6.45, 7) is 0. The van der Waals surface area contributed by atoms with E-state index in [-0.39, 0.29) is 22.5 Å². The fourth-order valence-corrected chi connectivity index (χ4v) is 5.63. The molecule has 8 heteroatoms. The number of nitrogens with zero attached hydrogens (tertiary/aromatic N) is 1. The second kappa shape index (κ2) is 4.98. The lowest BCUT2D eigenvalue weighted by atomic mass is 9.52. The predicted octanol–water partition coefficient (Wildman–Crippen LogP) is 2.78. The van der Waals surface area contributed by atoms with Crippen LogP contribution in [0.1, 0.15) is 38.5 Å². The number of sulfonamides is 1. The van der Waals surface area contributed by atoms with Crippen molar-refractivity contribution in [2.45, 2.75) is 54.2 Å². The highest BCUT2D eigenvalue weighted by atomic mass is 32.2. The van der Waals surface area contributed by atoms with E-state index in [4.69, 9.17) is 6.42 Å². The molecule has 2 aliphatic carbocycles. The Morgan fingerprint density at radius 3 is 2.41 bits per heavy atom. The molecule has 0 unspecified atom stereocenters. The molecule has 2 aliphatic rings. The van der Waals surface area contributed by atoms with Crippen LogP contribution in [0.3, 0.4) is 0 Å². The van der Waals surface area contributed by atoms with Gasteiger partial charge in [-0.05, 0) is 48.7 Å². The van der Waals surface area contributed by atoms with Crippen LogP contribution in [0.25, 0.3) is 0 Å². The summed E-state index contributed by atoms with van der Waals surface area (Å²) in [6.07, 6.45) is 8.29. The molecule has 1 N–H and O–H groups in total. The number of terminal acetylenes is 1. The second-order valence-electron chi connectivity index (χ2n) is 6.37. The molecule has 0 atom stereocenters. The molecule has 0 aromatic carbocycles. The Bertz CT molecular complexity index is 690. The van der Waals surface area contributed by atoms with Gasteiger partial charge >= 0.3 is 0 Å². The van der Waals surface area contributed by atoms with E-state index < -0.39 is 21.5 Å². The van der Waals surface area contributed by atoms with Crippen LogP contribution >= 0.6 is 11.5 Å². The van der Waals surface area contributed by atoms with Gasteiger partial charge in [0, 0.05) is 19.0 Å². The van der Waals surface area contributed by atoms with Gasteiger partial charge in [-0.15, -0.1) is 6.42 Å². The summed E-state index contributed by atoms with van der Waals surface area (Å²) in [5.74, 6) is -0.0637. The van der Waals surface area contributed by atoms with Crippen molar-refractivity contribution in [3.63, 3.8) is 0 Å². The van der Waals surface area contributed by atoms with Crippen molar-refractivity contribution >= 4 is 21.6 Å². The molecule has 1 aromatic rings. The minimum atomic E-state index is -3.71. The zero-order valence-electron chi connectivity index (χ0n) is 11.8. The fourth-order valence-electron chi connectivity index (χ4n) is 3.58. The molecule has 3 rings (SSSR count). The van der Waals surface area contributed by atoms with E-state index in [0.29, 0.717) is 25.7 Å². The van der Waals surface area contributed by atoms with E-state index >= 15 is 0 Å². The highest BCUT2D eigenvalue weighted by molar-refractivity contribution is 7.91. The van der Waals surface area contributed by atoms with Crippen LogP contribution in [-0.4, -0.2) is 24.3 Å². The van der Waals surface area contributed by atoms with Crippen molar-refractivity contribution in [1.29, 1.82) is 0 Å². The summed E-state index contributed by atoms with van der Waals surface area (Å²) in [6, 6.07) is 1.41. The minimum absolute atomic E-state index is 0.109. The normalized spacial score (nSPS) is 25.3. The maximum absolute atomic E-state index is 13.3. The third-order valence-electron chi connectivity index (χ3n) is 4.68. The summed E-state index contributed by atoms with van der Waals surface area (Å²) < 4.78 is 57.6. The molecule has 4 nitrogen and oxygen atoms in total. The molecule has 2 saturated carbocycles. The first-order chi connectivity index (χ1) is 10.2. The quantitative estimate of drug-likeness (QED) is 0.856.